The van der Waals surface area contributed by atoms with Crippen molar-refractivity contribution in [1.82, 2.24) is 24.5 Å². The summed E-state index contributed by atoms with van der Waals surface area (Å²) in [5, 5.41) is 3.52. The first kappa shape index (κ1) is 20.3. The number of hydrogen-bond acceptors (Lipinski definition) is 4. The number of aromatic nitrogens is 5. The molecular weight excluding hydrogens is 446 g/mol. The average molecular weight is 466 g/mol. The lowest BCUT2D eigenvalue weighted by atomic mass is 10.1. The summed E-state index contributed by atoms with van der Waals surface area (Å²) in [4.78, 5) is 30.8. The first-order chi connectivity index (χ1) is 17.8. The van der Waals surface area contributed by atoms with Crippen LogP contribution in [-0.2, 0) is 0 Å². The van der Waals surface area contributed by atoms with Crippen molar-refractivity contribution in [3.63, 3.8) is 0 Å². The van der Waals surface area contributed by atoms with Crippen LogP contribution in [0, 0.1) is 0 Å². The fourth-order valence-corrected chi connectivity index (χ4v) is 4.81. The van der Waals surface area contributed by atoms with Crippen LogP contribution in [0.2, 0.25) is 0 Å². The quantitative estimate of drug-likeness (QED) is 0.340. The molecule has 0 aliphatic carbocycles. The van der Waals surface area contributed by atoms with E-state index in [1.54, 1.807) is 0 Å². The first-order valence-corrected chi connectivity index (χ1v) is 11.7. The van der Waals surface area contributed by atoms with Gasteiger partial charge in [-0.3, -0.25) is 9.36 Å². The van der Waals surface area contributed by atoms with E-state index in [0.717, 1.165) is 32.8 Å². The minimum Gasteiger partial charge on any atom is -0.307 e. The van der Waals surface area contributed by atoms with E-state index in [1.807, 2.05) is 108 Å². The number of nitrogens with one attached hydrogen (secondary N) is 1. The highest BCUT2D eigenvalue weighted by Gasteiger charge is 2.20. The highest BCUT2D eigenvalue weighted by molar-refractivity contribution is 6.19. The number of pyridine rings is 1. The fourth-order valence-electron chi connectivity index (χ4n) is 4.81. The Morgan fingerprint density at radius 3 is 1.72 bits per heavy atom. The van der Waals surface area contributed by atoms with E-state index >= 15 is 0 Å². The van der Waals surface area contributed by atoms with E-state index in [9.17, 15) is 4.79 Å². The van der Waals surface area contributed by atoms with Gasteiger partial charge in [-0.25, -0.2) is 4.98 Å². The van der Waals surface area contributed by atoms with Gasteiger partial charge in [-0.15, -0.1) is 0 Å². The normalized spacial score (nSPS) is 11.4. The fraction of sp³-hybridized carbons (Fsp3) is 0. The molecule has 0 aliphatic heterocycles. The number of benzene rings is 4. The van der Waals surface area contributed by atoms with Crippen LogP contribution in [-0.4, -0.2) is 24.5 Å². The first-order valence-electron chi connectivity index (χ1n) is 11.7. The van der Waals surface area contributed by atoms with E-state index in [4.69, 9.17) is 15.0 Å². The summed E-state index contributed by atoms with van der Waals surface area (Å²) in [5.74, 6) is 1.57. The number of aromatic amines is 1. The third kappa shape index (κ3) is 3.12. The number of rotatable bonds is 3. The highest BCUT2D eigenvalue weighted by Crippen LogP contribution is 2.34. The minimum absolute atomic E-state index is 0.150. The van der Waals surface area contributed by atoms with Gasteiger partial charge in [0, 0.05) is 27.3 Å². The SMILES string of the molecule is O=c1[nH]c2c(c3ccccc13)c1ccccc1n2-c1nc(-c2ccccc2)nc(-c2ccccc2)n1. The van der Waals surface area contributed by atoms with E-state index < -0.39 is 0 Å². The monoisotopic (exact) mass is 465 g/mol. The van der Waals surface area contributed by atoms with Crippen molar-refractivity contribution < 1.29 is 0 Å². The van der Waals surface area contributed by atoms with Gasteiger partial charge in [0.25, 0.3) is 5.56 Å². The molecule has 0 aliphatic rings. The molecule has 0 saturated carbocycles. The molecule has 7 aromatic rings. The molecule has 0 bridgehead atoms. The molecule has 0 amide bonds. The third-order valence-electron chi connectivity index (χ3n) is 6.44. The van der Waals surface area contributed by atoms with E-state index in [-0.39, 0.29) is 5.56 Å². The maximum absolute atomic E-state index is 13.1. The van der Waals surface area contributed by atoms with Gasteiger partial charge in [-0.1, -0.05) is 97.1 Å². The number of hydrogen-bond donors (Lipinski definition) is 1. The molecule has 6 nitrogen and oxygen atoms in total. The maximum Gasteiger partial charge on any atom is 0.257 e. The van der Waals surface area contributed by atoms with Gasteiger partial charge >= 0.3 is 0 Å². The van der Waals surface area contributed by atoms with Crippen LogP contribution in [0.1, 0.15) is 0 Å². The van der Waals surface area contributed by atoms with Crippen LogP contribution in [0.4, 0.5) is 0 Å². The number of fused-ring (bicyclic) bond motifs is 5. The van der Waals surface area contributed by atoms with E-state index in [0.29, 0.717) is 28.6 Å². The number of H-pyrrole nitrogens is 1. The van der Waals surface area contributed by atoms with E-state index in [1.165, 1.54) is 0 Å². The summed E-state index contributed by atoms with van der Waals surface area (Å²) < 4.78 is 1.93. The zero-order valence-electron chi connectivity index (χ0n) is 19.1. The molecule has 0 spiro atoms. The van der Waals surface area contributed by atoms with Crippen molar-refractivity contribution in [2.75, 3.05) is 0 Å². The van der Waals surface area contributed by atoms with Gasteiger partial charge in [-0.05, 0) is 17.5 Å². The summed E-state index contributed by atoms with van der Waals surface area (Å²) >= 11 is 0. The van der Waals surface area contributed by atoms with Crippen molar-refractivity contribution in [3.05, 3.63) is 120 Å². The van der Waals surface area contributed by atoms with Crippen molar-refractivity contribution >= 4 is 32.7 Å². The Morgan fingerprint density at radius 2 is 1.08 bits per heavy atom. The molecule has 3 heterocycles. The van der Waals surface area contributed by atoms with Gasteiger partial charge in [0.15, 0.2) is 11.6 Å². The predicted molar refractivity (Wildman–Crippen MR) is 143 cm³/mol. The predicted octanol–water partition coefficient (Wildman–Crippen LogP) is 6.14. The molecule has 0 saturated heterocycles. The van der Waals surface area contributed by atoms with Crippen molar-refractivity contribution in [3.8, 4) is 28.7 Å². The van der Waals surface area contributed by atoms with Crippen molar-refractivity contribution in [2.45, 2.75) is 0 Å². The molecular formula is C30H19N5O. The number of nitrogens with zero attached hydrogens (tertiary/aromatic N) is 4. The largest absolute Gasteiger partial charge is 0.307 e. The summed E-state index contributed by atoms with van der Waals surface area (Å²) in [5.41, 5.74) is 3.19. The van der Waals surface area contributed by atoms with Crippen LogP contribution < -0.4 is 5.56 Å². The van der Waals surface area contributed by atoms with Gasteiger partial charge in [0.2, 0.25) is 5.95 Å². The van der Waals surface area contributed by atoms with Crippen LogP contribution in [0.25, 0.3) is 61.4 Å². The molecule has 1 N–H and O–H groups in total. The molecule has 6 heteroatoms. The van der Waals surface area contributed by atoms with Gasteiger partial charge in [-0.2, -0.15) is 9.97 Å². The third-order valence-corrected chi connectivity index (χ3v) is 6.44. The molecule has 170 valence electrons. The molecule has 0 radical (unpaired) electrons. The molecule has 0 unspecified atom stereocenters. The Kier molecular flexibility index (Phi) is 4.50. The molecule has 0 fully saturated rings. The second-order valence-corrected chi connectivity index (χ2v) is 8.59. The zero-order chi connectivity index (χ0) is 24.1. The minimum atomic E-state index is -0.150. The van der Waals surface area contributed by atoms with Gasteiger partial charge in [0.1, 0.15) is 5.65 Å². The Hall–Kier alpha value is -5.10. The Morgan fingerprint density at radius 1 is 0.556 bits per heavy atom. The van der Waals surface area contributed by atoms with Crippen molar-refractivity contribution in [1.29, 1.82) is 0 Å². The van der Waals surface area contributed by atoms with Gasteiger partial charge < -0.3 is 4.98 Å². The lowest BCUT2D eigenvalue weighted by Crippen LogP contribution is -2.11. The number of para-hydroxylation sites is 1. The topological polar surface area (TPSA) is 76.5 Å². The summed E-state index contributed by atoms with van der Waals surface area (Å²) in [7, 11) is 0. The standard InChI is InChI=1S/C30H19N5O/c36-29-22-16-8-7-15-21(22)25-23-17-9-10-18-24(23)35(28(25)34-29)30-32-26(19-11-3-1-4-12-19)31-27(33-30)20-13-5-2-6-14-20/h1-18H,(H,34,36). The highest BCUT2D eigenvalue weighted by atomic mass is 16.1. The van der Waals surface area contributed by atoms with Crippen molar-refractivity contribution in [2.24, 2.45) is 0 Å². The maximum atomic E-state index is 13.1. The molecule has 4 aromatic carbocycles. The van der Waals surface area contributed by atoms with Gasteiger partial charge in [0.05, 0.1) is 5.52 Å². The Bertz CT molecular complexity index is 1900. The van der Waals surface area contributed by atoms with Crippen LogP contribution in [0.5, 0.6) is 0 Å². The summed E-state index contributed by atoms with van der Waals surface area (Å²) in [6.07, 6.45) is 0. The molecule has 36 heavy (non-hydrogen) atoms. The molecule has 3 aromatic heterocycles. The van der Waals surface area contributed by atoms with Crippen LogP contribution in [0.15, 0.2) is 114 Å². The van der Waals surface area contributed by atoms with Crippen LogP contribution in [0.3, 0.4) is 0 Å². The second kappa shape index (κ2) is 7.99. The van der Waals surface area contributed by atoms with E-state index in [2.05, 4.69) is 11.1 Å². The summed E-state index contributed by atoms with van der Waals surface area (Å²) in [6, 6.07) is 35.5. The molecule has 0 atom stereocenters. The second-order valence-electron chi connectivity index (χ2n) is 8.59. The molecule has 7 rings (SSSR count). The smallest absolute Gasteiger partial charge is 0.257 e. The lowest BCUT2D eigenvalue weighted by molar-refractivity contribution is 0.943. The summed E-state index contributed by atoms with van der Waals surface area (Å²) in [6.45, 7) is 0. The lowest BCUT2D eigenvalue weighted by Gasteiger charge is -2.10. The van der Waals surface area contributed by atoms with Crippen LogP contribution >= 0.6 is 0 Å². The zero-order valence-corrected chi connectivity index (χ0v) is 19.1. The Labute approximate surface area is 205 Å². The Balaban J connectivity index is 1.62. The average Bonchev–Trinajstić information content (AvgIpc) is 3.28.